The summed E-state index contributed by atoms with van der Waals surface area (Å²) in [5.41, 5.74) is 7.38. The van der Waals surface area contributed by atoms with Crippen molar-refractivity contribution in [3.8, 4) is 0 Å². The Kier molecular flexibility index (Phi) is 6.36. The lowest BCUT2D eigenvalue weighted by Crippen LogP contribution is -2.16. The second-order valence-corrected chi connectivity index (χ2v) is 5.96. The molecule has 2 aromatic rings. The summed E-state index contributed by atoms with van der Waals surface area (Å²) in [7, 11) is 0. The molecular formula is C18H21ClN4O2. The zero-order chi connectivity index (χ0) is 18.4. The third kappa shape index (κ3) is 4.70. The van der Waals surface area contributed by atoms with Crippen molar-refractivity contribution in [2.24, 2.45) is 5.73 Å². The van der Waals surface area contributed by atoms with Crippen molar-refractivity contribution < 1.29 is 9.59 Å². The van der Waals surface area contributed by atoms with E-state index in [0.29, 0.717) is 16.4 Å². The minimum atomic E-state index is -0.601. The maximum Gasteiger partial charge on any atom is 0.250 e. The van der Waals surface area contributed by atoms with Crippen LogP contribution < -0.4 is 11.1 Å². The molecule has 0 atom stereocenters. The van der Waals surface area contributed by atoms with Crippen LogP contribution in [0.4, 0.5) is 5.69 Å². The van der Waals surface area contributed by atoms with Crippen LogP contribution in [-0.4, -0.2) is 21.6 Å². The van der Waals surface area contributed by atoms with E-state index in [-0.39, 0.29) is 11.5 Å². The van der Waals surface area contributed by atoms with Crippen LogP contribution in [0.25, 0.3) is 6.08 Å². The number of nitrogens with one attached hydrogen (secondary N) is 1. The van der Waals surface area contributed by atoms with Gasteiger partial charge in [0.25, 0.3) is 5.91 Å². The van der Waals surface area contributed by atoms with Gasteiger partial charge in [-0.05, 0) is 31.6 Å². The third-order valence-electron chi connectivity index (χ3n) is 3.68. The van der Waals surface area contributed by atoms with Crippen molar-refractivity contribution in [2.75, 3.05) is 5.32 Å². The number of halogens is 1. The predicted octanol–water partition coefficient (Wildman–Crippen LogP) is 3.40. The summed E-state index contributed by atoms with van der Waals surface area (Å²) in [6.45, 7) is 4.68. The van der Waals surface area contributed by atoms with E-state index in [1.165, 1.54) is 6.08 Å². The summed E-state index contributed by atoms with van der Waals surface area (Å²) in [6.07, 6.45) is 5.00. The molecule has 0 spiro atoms. The van der Waals surface area contributed by atoms with Gasteiger partial charge in [-0.15, -0.1) is 0 Å². The van der Waals surface area contributed by atoms with Gasteiger partial charge in [-0.3, -0.25) is 14.3 Å². The summed E-state index contributed by atoms with van der Waals surface area (Å²) in [6, 6.07) is 6.57. The Bertz CT molecular complexity index is 811. The maximum absolute atomic E-state index is 12.1. The Morgan fingerprint density at radius 3 is 2.76 bits per heavy atom. The topological polar surface area (TPSA) is 90.0 Å². The highest BCUT2D eigenvalue weighted by Gasteiger charge is 2.12. The molecule has 25 heavy (non-hydrogen) atoms. The van der Waals surface area contributed by atoms with E-state index in [2.05, 4.69) is 17.3 Å². The minimum absolute atomic E-state index is 0.255. The molecule has 0 aliphatic carbocycles. The molecule has 0 aliphatic rings. The molecule has 1 heterocycles. The fourth-order valence-electron chi connectivity index (χ4n) is 2.35. The number of nitrogens with two attached hydrogens (primary N) is 1. The van der Waals surface area contributed by atoms with Gasteiger partial charge in [0.15, 0.2) is 0 Å². The summed E-state index contributed by atoms with van der Waals surface area (Å²) in [4.78, 5) is 23.5. The van der Waals surface area contributed by atoms with Crippen molar-refractivity contribution in [1.82, 2.24) is 9.78 Å². The quantitative estimate of drug-likeness (QED) is 0.741. The van der Waals surface area contributed by atoms with Crippen LogP contribution in [0.5, 0.6) is 0 Å². The first kappa shape index (κ1) is 18.7. The monoisotopic (exact) mass is 360 g/mol. The highest BCUT2D eigenvalue weighted by Crippen LogP contribution is 2.22. The first-order valence-corrected chi connectivity index (χ1v) is 8.42. The molecule has 1 aromatic carbocycles. The SMILES string of the molecule is CCCCn1nc(C)c(C=CC(=O)Nc2ccccc2C(N)=O)c1Cl. The first-order chi connectivity index (χ1) is 11.9. The smallest absolute Gasteiger partial charge is 0.250 e. The Morgan fingerprint density at radius 2 is 2.08 bits per heavy atom. The number of rotatable bonds is 7. The van der Waals surface area contributed by atoms with Gasteiger partial charge in [-0.1, -0.05) is 37.1 Å². The van der Waals surface area contributed by atoms with Gasteiger partial charge < -0.3 is 11.1 Å². The minimum Gasteiger partial charge on any atom is -0.366 e. The fraction of sp³-hybridized carbons (Fsp3) is 0.278. The fourth-order valence-corrected chi connectivity index (χ4v) is 2.68. The second-order valence-electron chi connectivity index (χ2n) is 5.60. The van der Waals surface area contributed by atoms with Crippen LogP contribution in [0, 0.1) is 6.92 Å². The second kappa shape index (κ2) is 8.48. The molecule has 132 valence electrons. The average Bonchev–Trinajstić information content (AvgIpc) is 2.85. The molecule has 7 heteroatoms. The number of carbonyl (C=O) groups is 2. The number of benzene rings is 1. The van der Waals surface area contributed by atoms with Gasteiger partial charge in [0, 0.05) is 18.2 Å². The van der Waals surface area contributed by atoms with Crippen LogP contribution in [-0.2, 0) is 11.3 Å². The molecular weight excluding hydrogens is 340 g/mol. The summed E-state index contributed by atoms with van der Waals surface area (Å²) < 4.78 is 1.74. The molecule has 0 aliphatic heterocycles. The maximum atomic E-state index is 12.1. The van der Waals surface area contributed by atoms with E-state index < -0.39 is 5.91 Å². The summed E-state index contributed by atoms with van der Waals surface area (Å²) >= 11 is 6.33. The van der Waals surface area contributed by atoms with E-state index in [1.807, 2.05) is 6.92 Å². The van der Waals surface area contributed by atoms with Gasteiger partial charge in [0.05, 0.1) is 16.9 Å². The molecule has 3 N–H and O–H groups in total. The van der Waals surface area contributed by atoms with E-state index in [1.54, 1.807) is 35.0 Å². The van der Waals surface area contributed by atoms with E-state index in [9.17, 15) is 9.59 Å². The van der Waals surface area contributed by atoms with E-state index >= 15 is 0 Å². The van der Waals surface area contributed by atoms with Crippen molar-refractivity contribution >= 4 is 35.2 Å². The van der Waals surface area contributed by atoms with Gasteiger partial charge >= 0.3 is 0 Å². The zero-order valence-corrected chi connectivity index (χ0v) is 15.0. The van der Waals surface area contributed by atoms with Gasteiger partial charge in [-0.2, -0.15) is 5.10 Å². The van der Waals surface area contributed by atoms with Crippen LogP contribution in [0.15, 0.2) is 30.3 Å². The van der Waals surface area contributed by atoms with Crippen molar-refractivity contribution in [1.29, 1.82) is 0 Å². The van der Waals surface area contributed by atoms with Crippen molar-refractivity contribution in [2.45, 2.75) is 33.2 Å². The lowest BCUT2D eigenvalue weighted by molar-refractivity contribution is -0.111. The number of carbonyl (C=O) groups excluding carboxylic acids is 2. The van der Waals surface area contributed by atoms with Crippen LogP contribution in [0.3, 0.4) is 0 Å². The van der Waals surface area contributed by atoms with E-state index in [4.69, 9.17) is 17.3 Å². The zero-order valence-electron chi connectivity index (χ0n) is 14.3. The van der Waals surface area contributed by atoms with Crippen LogP contribution >= 0.6 is 11.6 Å². The molecule has 0 fully saturated rings. The first-order valence-electron chi connectivity index (χ1n) is 8.04. The van der Waals surface area contributed by atoms with Crippen LogP contribution in [0.2, 0.25) is 5.15 Å². The van der Waals surface area contributed by atoms with Gasteiger partial charge in [0.1, 0.15) is 5.15 Å². The normalized spacial score (nSPS) is 11.0. The number of hydrogen-bond acceptors (Lipinski definition) is 3. The summed E-state index contributed by atoms with van der Waals surface area (Å²) in [5, 5.41) is 7.54. The predicted molar refractivity (Wildman–Crippen MR) is 99.5 cm³/mol. The standard InChI is InChI=1S/C18H21ClN4O2/c1-3-4-11-23-17(19)13(12(2)22-23)9-10-16(24)21-15-8-6-5-7-14(15)18(20)25/h5-10H,3-4,11H2,1-2H3,(H2,20,25)(H,21,24). The van der Waals surface area contributed by atoms with Gasteiger partial charge in [0.2, 0.25) is 5.91 Å². The molecule has 0 radical (unpaired) electrons. The third-order valence-corrected chi connectivity index (χ3v) is 4.08. The Morgan fingerprint density at radius 1 is 1.36 bits per heavy atom. The molecule has 0 saturated carbocycles. The average molecular weight is 361 g/mol. The summed E-state index contributed by atoms with van der Waals surface area (Å²) in [5.74, 6) is -0.985. The molecule has 0 saturated heterocycles. The van der Waals surface area contributed by atoms with Crippen molar-refractivity contribution in [3.63, 3.8) is 0 Å². The lowest BCUT2D eigenvalue weighted by atomic mass is 10.1. The number of anilines is 1. The number of nitrogens with zero attached hydrogens (tertiary/aromatic N) is 2. The largest absolute Gasteiger partial charge is 0.366 e. The van der Waals surface area contributed by atoms with Crippen molar-refractivity contribution in [3.05, 3.63) is 52.3 Å². The van der Waals surface area contributed by atoms with Crippen LogP contribution in [0.1, 0.15) is 41.4 Å². The number of aryl methyl sites for hydroxylation is 2. The molecule has 0 unspecified atom stereocenters. The number of amides is 2. The Hall–Kier alpha value is -2.60. The number of hydrogen-bond donors (Lipinski definition) is 2. The highest BCUT2D eigenvalue weighted by atomic mass is 35.5. The number of primary amides is 1. The highest BCUT2D eigenvalue weighted by molar-refractivity contribution is 6.31. The molecule has 2 rings (SSSR count). The Labute approximate surface area is 151 Å². The number of aromatic nitrogens is 2. The molecule has 1 aromatic heterocycles. The van der Waals surface area contributed by atoms with E-state index in [0.717, 1.165) is 25.1 Å². The lowest BCUT2D eigenvalue weighted by Gasteiger charge is -2.06. The Balaban J connectivity index is 2.14. The molecule has 0 bridgehead atoms. The van der Waals surface area contributed by atoms with Gasteiger partial charge in [-0.25, -0.2) is 0 Å². The number of unbranched alkanes of at least 4 members (excludes halogenated alkanes) is 1. The molecule has 6 nitrogen and oxygen atoms in total. The number of para-hydroxylation sites is 1. The molecule has 2 amide bonds.